The number of rotatable bonds is 3. The Balaban J connectivity index is 2.08. The van der Waals surface area contributed by atoms with Crippen molar-refractivity contribution in [1.82, 2.24) is 4.90 Å². The molecule has 0 aliphatic carbocycles. The SMILES string of the molecule is CN(C)C=CC(=[Se])N1c2ccccc2Sc2ccccc21. The van der Waals surface area contributed by atoms with Gasteiger partial charge < -0.3 is 0 Å². The van der Waals surface area contributed by atoms with E-state index < -0.39 is 0 Å². The molecule has 0 spiro atoms. The van der Waals surface area contributed by atoms with Crippen molar-refractivity contribution in [3.05, 3.63) is 60.8 Å². The zero-order valence-corrected chi connectivity index (χ0v) is 14.5. The Bertz CT molecular complexity index is 664. The van der Waals surface area contributed by atoms with Crippen LogP contribution in [-0.4, -0.2) is 39.1 Å². The van der Waals surface area contributed by atoms with E-state index in [2.05, 4.69) is 81.3 Å². The molecule has 4 heteroatoms. The molecule has 0 amide bonds. The molecule has 1 aliphatic rings. The Morgan fingerprint density at radius 3 is 2.05 bits per heavy atom. The van der Waals surface area contributed by atoms with E-state index in [0.29, 0.717) is 0 Å². The number of nitrogens with zero attached hydrogens (tertiary/aromatic N) is 2. The third-order valence-electron chi connectivity index (χ3n) is 3.17. The van der Waals surface area contributed by atoms with Crippen LogP contribution in [-0.2, 0) is 0 Å². The van der Waals surface area contributed by atoms with E-state index in [-0.39, 0.29) is 0 Å². The van der Waals surface area contributed by atoms with Crippen LogP contribution in [0.3, 0.4) is 0 Å². The summed E-state index contributed by atoms with van der Waals surface area (Å²) in [5, 5.41) is 0. The molecule has 0 saturated carbocycles. The van der Waals surface area contributed by atoms with E-state index in [0.717, 1.165) is 4.54 Å². The maximum absolute atomic E-state index is 3.20. The fourth-order valence-electron chi connectivity index (χ4n) is 2.23. The molecule has 0 unspecified atom stereocenters. The van der Waals surface area contributed by atoms with Crippen molar-refractivity contribution >= 4 is 43.3 Å². The predicted molar refractivity (Wildman–Crippen MR) is 92.7 cm³/mol. The van der Waals surface area contributed by atoms with Crippen molar-refractivity contribution in [3.63, 3.8) is 0 Å². The Labute approximate surface area is 137 Å². The maximum atomic E-state index is 3.20. The average Bonchev–Trinajstić information content (AvgIpc) is 2.50. The zero-order chi connectivity index (χ0) is 14.8. The first kappa shape index (κ1) is 14.5. The molecule has 1 heterocycles. The van der Waals surface area contributed by atoms with Crippen molar-refractivity contribution in [1.29, 1.82) is 0 Å². The minimum atomic E-state index is 1.09. The van der Waals surface area contributed by atoms with Crippen LogP contribution in [0.4, 0.5) is 11.4 Å². The molecule has 0 fully saturated rings. The summed E-state index contributed by atoms with van der Waals surface area (Å²) in [6.45, 7) is 0. The zero-order valence-electron chi connectivity index (χ0n) is 12.0. The number of hydrogen-bond acceptors (Lipinski definition) is 3. The molecule has 2 aromatic rings. The van der Waals surface area contributed by atoms with Crippen molar-refractivity contribution < 1.29 is 0 Å². The fourth-order valence-corrected chi connectivity index (χ4v) is 3.83. The molecule has 2 nitrogen and oxygen atoms in total. The van der Waals surface area contributed by atoms with Gasteiger partial charge in [0.15, 0.2) is 0 Å². The van der Waals surface area contributed by atoms with Crippen LogP contribution in [0, 0.1) is 0 Å². The first-order chi connectivity index (χ1) is 10.2. The first-order valence-corrected chi connectivity index (χ1v) is 8.39. The van der Waals surface area contributed by atoms with Crippen molar-refractivity contribution in [2.45, 2.75) is 9.79 Å². The van der Waals surface area contributed by atoms with Gasteiger partial charge in [-0.3, -0.25) is 0 Å². The molecule has 3 rings (SSSR count). The van der Waals surface area contributed by atoms with Crippen LogP contribution in [0.25, 0.3) is 0 Å². The van der Waals surface area contributed by atoms with Crippen LogP contribution in [0.15, 0.2) is 70.6 Å². The Kier molecular flexibility index (Phi) is 4.20. The molecule has 1 aliphatic heterocycles. The number of anilines is 2. The Hall–Kier alpha value is -1.48. The van der Waals surface area contributed by atoms with Gasteiger partial charge in [-0.1, -0.05) is 0 Å². The summed E-state index contributed by atoms with van der Waals surface area (Å²) >= 11 is 5.03. The van der Waals surface area contributed by atoms with Crippen LogP contribution in [0.1, 0.15) is 0 Å². The summed E-state index contributed by atoms with van der Waals surface area (Å²) in [5.74, 6) is 0. The molecule has 0 aromatic heterocycles. The Morgan fingerprint density at radius 2 is 1.52 bits per heavy atom. The number of hydrogen-bond donors (Lipinski definition) is 0. The van der Waals surface area contributed by atoms with Gasteiger partial charge in [-0.25, -0.2) is 0 Å². The summed E-state index contributed by atoms with van der Waals surface area (Å²) in [7, 11) is 4.05. The number of fused-ring (bicyclic) bond motifs is 2. The third kappa shape index (κ3) is 2.93. The van der Waals surface area contributed by atoms with Gasteiger partial charge in [0.2, 0.25) is 0 Å². The number of para-hydroxylation sites is 2. The topological polar surface area (TPSA) is 6.48 Å². The summed E-state index contributed by atoms with van der Waals surface area (Å²) in [6.07, 6.45) is 4.16. The summed E-state index contributed by atoms with van der Waals surface area (Å²) in [5.41, 5.74) is 2.44. The summed E-state index contributed by atoms with van der Waals surface area (Å²) in [4.78, 5) is 6.87. The average molecular weight is 359 g/mol. The number of benzene rings is 2. The van der Waals surface area contributed by atoms with Gasteiger partial charge in [0.05, 0.1) is 0 Å². The molecule has 0 atom stereocenters. The van der Waals surface area contributed by atoms with E-state index in [4.69, 9.17) is 0 Å². The Morgan fingerprint density at radius 1 is 1.00 bits per heavy atom. The van der Waals surface area contributed by atoms with Gasteiger partial charge >= 0.3 is 138 Å². The molecule has 0 saturated heterocycles. The predicted octanol–water partition coefficient (Wildman–Crippen LogP) is 3.66. The quantitative estimate of drug-likeness (QED) is 0.773. The summed E-state index contributed by atoms with van der Waals surface area (Å²) in [6, 6.07) is 17.0. The van der Waals surface area contributed by atoms with Crippen LogP contribution in [0.2, 0.25) is 0 Å². The third-order valence-corrected chi connectivity index (χ3v) is 4.97. The van der Waals surface area contributed by atoms with E-state index in [1.165, 1.54) is 21.2 Å². The molecule has 21 heavy (non-hydrogen) atoms. The van der Waals surface area contributed by atoms with Crippen LogP contribution >= 0.6 is 11.8 Å². The van der Waals surface area contributed by atoms with E-state index in [1.807, 2.05) is 30.8 Å². The minimum absolute atomic E-state index is 1.09. The molecule has 2 aromatic carbocycles. The second kappa shape index (κ2) is 6.10. The molecule has 0 bridgehead atoms. The van der Waals surface area contributed by atoms with Gasteiger partial charge in [-0.2, -0.15) is 0 Å². The van der Waals surface area contributed by atoms with E-state index in [9.17, 15) is 0 Å². The monoisotopic (exact) mass is 360 g/mol. The first-order valence-electron chi connectivity index (χ1n) is 6.71. The van der Waals surface area contributed by atoms with Gasteiger partial charge in [-0.15, -0.1) is 0 Å². The van der Waals surface area contributed by atoms with Crippen molar-refractivity contribution in [2.24, 2.45) is 0 Å². The summed E-state index contributed by atoms with van der Waals surface area (Å²) < 4.78 is 1.09. The second-order valence-electron chi connectivity index (χ2n) is 4.99. The van der Waals surface area contributed by atoms with Gasteiger partial charge in [0, 0.05) is 0 Å². The molecular formula is C17H16N2SSe. The van der Waals surface area contributed by atoms with Gasteiger partial charge in [-0.05, 0) is 0 Å². The van der Waals surface area contributed by atoms with Crippen molar-refractivity contribution in [2.75, 3.05) is 19.0 Å². The van der Waals surface area contributed by atoms with Crippen LogP contribution in [0.5, 0.6) is 0 Å². The van der Waals surface area contributed by atoms with E-state index in [1.54, 1.807) is 0 Å². The molecular weight excluding hydrogens is 343 g/mol. The van der Waals surface area contributed by atoms with E-state index >= 15 is 0 Å². The fraction of sp³-hybridized carbons (Fsp3) is 0.118. The molecule has 0 radical (unpaired) electrons. The van der Waals surface area contributed by atoms with Crippen molar-refractivity contribution in [3.8, 4) is 0 Å². The normalized spacial score (nSPS) is 13.0. The van der Waals surface area contributed by atoms with Gasteiger partial charge in [0.25, 0.3) is 0 Å². The molecule has 0 N–H and O–H groups in total. The van der Waals surface area contributed by atoms with Gasteiger partial charge in [0.1, 0.15) is 0 Å². The molecule has 106 valence electrons. The van der Waals surface area contributed by atoms with Crippen LogP contribution < -0.4 is 4.90 Å². The second-order valence-corrected chi connectivity index (χ2v) is 6.95. The standard InChI is InChI=1S/C17H16N2SSe/c1-18(2)12-11-17(21)19-13-7-3-5-9-15(13)20-16-10-6-4-8-14(16)19/h3-12H,1-2H3.